The molecule has 10 N–H and O–H groups in total. The van der Waals surface area contributed by atoms with E-state index in [-0.39, 0.29) is 36.0 Å². The third-order valence-electron chi connectivity index (χ3n) is 8.33. The van der Waals surface area contributed by atoms with Gasteiger partial charge in [0.1, 0.15) is 17.1 Å². The van der Waals surface area contributed by atoms with Crippen LogP contribution in [0.5, 0.6) is 11.5 Å². The van der Waals surface area contributed by atoms with E-state index in [9.17, 15) is 59.2 Å². The number of phenols is 2. The molecule has 1 aromatic heterocycles. The highest BCUT2D eigenvalue weighted by atomic mass is 35.5. The minimum atomic E-state index is -2.04. The highest BCUT2D eigenvalue weighted by Crippen LogP contribution is 2.49. The predicted octanol–water partition coefficient (Wildman–Crippen LogP) is -1.29. The summed E-state index contributed by atoms with van der Waals surface area (Å²) in [7, 11) is 0. The average Bonchev–Trinajstić information content (AvgIpc) is 3.83. The summed E-state index contributed by atoms with van der Waals surface area (Å²) in [5.74, 6) is -7.71. The quantitative estimate of drug-likeness (QED) is 0.0352. The molecule has 2 aromatic rings. The molecule has 294 valence electrons. The second-order valence-electron chi connectivity index (χ2n) is 12.3. The average molecular weight is 827 g/mol. The standard InChI is InChI=1S/C29H31ClN10O13S2/c1-28(2,24(47)48)53-37-17(12-9-54-26(31)33-12)21(45)34-18-22(46)38-10-29(25(49)50,55-23(18)38)39-7-8-40(27(39)51)35-14(42)5-6-32-20(44)16(36-52)11-3-4-13(41)19(43)15(11)30/h3-4,9,18,23,41,43,52H,5-8,10H2,1-2H3,(H2,31,33)(H,32,44)(H,34,45)(H,35,42)(H,47,48)(H,49,50)/b36-16-,37-17-/t18-,23-,29-/m1/s1. The van der Waals surface area contributed by atoms with Crippen molar-refractivity contribution in [1.29, 1.82) is 0 Å². The summed E-state index contributed by atoms with van der Waals surface area (Å²) in [6, 6.07) is -0.109. The zero-order valence-electron chi connectivity index (χ0n) is 28.4. The number of halogens is 1. The molecule has 0 bridgehead atoms. The van der Waals surface area contributed by atoms with E-state index in [4.69, 9.17) is 22.2 Å². The number of carboxylic acids is 2. The number of carboxylic acid groups (broad SMARTS) is 2. The summed E-state index contributed by atoms with van der Waals surface area (Å²) in [5.41, 5.74) is 4.69. The fraction of sp³-hybridized carbons (Fsp3) is 0.379. The van der Waals surface area contributed by atoms with Crippen molar-refractivity contribution in [3.8, 4) is 11.5 Å². The number of nitrogen functional groups attached to an aromatic ring is 1. The van der Waals surface area contributed by atoms with Crippen molar-refractivity contribution in [1.82, 2.24) is 35.9 Å². The molecule has 1 aromatic carbocycles. The number of β-lactam (4-membered cyclic amide) rings is 1. The Balaban J connectivity index is 1.20. The molecule has 6 amide bonds. The summed E-state index contributed by atoms with van der Waals surface area (Å²) in [4.78, 5) is 98.7. The Labute approximate surface area is 321 Å². The van der Waals surface area contributed by atoms with Crippen LogP contribution >= 0.6 is 34.7 Å². The number of carbonyl (C=O) groups excluding carboxylic acids is 5. The number of thioether (sulfide) groups is 1. The number of carbonyl (C=O) groups is 7. The molecule has 23 nitrogen and oxygen atoms in total. The maximum absolute atomic E-state index is 13.4. The molecular weight excluding hydrogens is 796 g/mol. The van der Waals surface area contributed by atoms with Gasteiger partial charge in [-0.15, -0.1) is 11.3 Å². The largest absolute Gasteiger partial charge is 0.504 e. The normalized spacial score (nSPS) is 21.2. The Kier molecular flexibility index (Phi) is 11.2. The van der Waals surface area contributed by atoms with E-state index in [2.05, 4.69) is 31.4 Å². The van der Waals surface area contributed by atoms with Crippen molar-refractivity contribution in [3.63, 3.8) is 0 Å². The Morgan fingerprint density at radius 1 is 1.13 bits per heavy atom. The van der Waals surface area contributed by atoms with Crippen molar-refractivity contribution in [2.45, 2.75) is 42.2 Å². The number of hydrogen-bond acceptors (Lipinski definition) is 17. The molecule has 0 spiro atoms. The molecule has 3 saturated heterocycles. The van der Waals surface area contributed by atoms with Gasteiger partial charge in [-0.25, -0.2) is 24.4 Å². The highest BCUT2D eigenvalue weighted by Gasteiger charge is 2.66. The van der Waals surface area contributed by atoms with Crippen LogP contribution < -0.4 is 21.8 Å². The van der Waals surface area contributed by atoms with Crippen molar-refractivity contribution in [3.05, 3.63) is 33.8 Å². The monoisotopic (exact) mass is 826 g/mol. The number of hydrogen-bond donors (Lipinski definition) is 9. The number of benzene rings is 1. The fourth-order valence-corrected chi connectivity index (χ4v) is 7.76. The van der Waals surface area contributed by atoms with E-state index in [0.29, 0.717) is 11.8 Å². The Bertz CT molecular complexity index is 2040. The van der Waals surface area contributed by atoms with Gasteiger partial charge in [0.25, 0.3) is 11.8 Å². The van der Waals surface area contributed by atoms with E-state index in [1.54, 1.807) is 0 Å². The number of nitrogens with two attached hydrogens (primary N) is 1. The summed E-state index contributed by atoms with van der Waals surface area (Å²) in [5, 5.41) is 60.6. The van der Waals surface area contributed by atoms with Crippen LogP contribution in [0.1, 0.15) is 31.5 Å². The fourth-order valence-electron chi connectivity index (χ4n) is 5.33. The zero-order chi connectivity index (χ0) is 40.6. The second-order valence-corrected chi connectivity index (χ2v) is 15.0. The van der Waals surface area contributed by atoms with E-state index in [1.807, 2.05) is 0 Å². The number of aromatic nitrogens is 1. The van der Waals surface area contributed by atoms with E-state index >= 15 is 0 Å². The van der Waals surface area contributed by atoms with Gasteiger partial charge in [0.15, 0.2) is 28.1 Å². The molecule has 3 aliphatic heterocycles. The number of urea groups is 1. The zero-order valence-corrected chi connectivity index (χ0v) is 30.8. The number of aromatic hydroxyl groups is 2. The minimum Gasteiger partial charge on any atom is -0.504 e. The van der Waals surface area contributed by atoms with Gasteiger partial charge in [0.05, 0.1) is 18.1 Å². The molecule has 26 heteroatoms. The summed E-state index contributed by atoms with van der Waals surface area (Å²) >= 11 is 7.58. The number of hydrazine groups is 1. The summed E-state index contributed by atoms with van der Waals surface area (Å²) in [6.45, 7) is 1.18. The maximum Gasteiger partial charge on any atom is 0.350 e. The molecule has 0 unspecified atom stereocenters. The number of amides is 6. The lowest BCUT2D eigenvalue weighted by atomic mass is 10.1. The molecule has 3 fully saturated rings. The maximum atomic E-state index is 13.4. The van der Waals surface area contributed by atoms with Crippen LogP contribution in [0, 0.1) is 0 Å². The van der Waals surface area contributed by atoms with Crippen LogP contribution in [0.25, 0.3) is 0 Å². The van der Waals surface area contributed by atoms with Gasteiger partial charge in [-0.3, -0.25) is 29.5 Å². The minimum absolute atomic E-state index is 0.0469. The van der Waals surface area contributed by atoms with E-state index < -0.39 is 104 Å². The smallest absolute Gasteiger partial charge is 0.350 e. The summed E-state index contributed by atoms with van der Waals surface area (Å²) in [6.07, 6.45) is -0.412. The number of rotatable bonds is 14. The van der Waals surface area contributed by atoms with Gasteiger partial charge >= 0.3 is 18.0 Å². The lowest BCUT2D eigenvalue weighted by Crippen LogP contribution is -2.68. The molecule has 5 rings (SSSR count). The molecule has 0 radical (unpaired) electrons. The van der Waals surface area contributed by atoms with Gasteiger partial charge in [-0.05, 0) is 26.0 Å². The lowest BCUT2D eigenvalue weighted by molar-refractivity contribution is -0.161. The predicted molar refractivity (Wildman–Crippen MR) is 189 cm³/mol. The molecule has 3 aliphatic rings. The van der Waals surface area contributed by atoms with Crippen LogP contribution in [0.4, 0.5) is 9.93 Å². The van der Waals surface area contributed by atoms with Gasteiger partial charge in [0.2, 0.25) is 22.3 Å². The first-order valence-electron chi connectivity index (χ1n) is 15.7. The van der Waals surface area contributed by atoms with E-state index in [1.165, 1.54) is 19.2 Å². The number of oxime groups is 2. The SMILES string of the molecule is CC(C)(O/N=C(\C(=O)N[C@@H]1C(=O)N2C[C@@](C(=O)O)(N3CCN(NC(=O)CCNC(=O)/C(=N\O)c4ccc(O)c(O)c4Cl)C3=O)S[C@H]12)c1csc(N)n1)C(=O)O. The second kappa shape index (κ2) is 15.3. The topological polar surface area (TPSA) is 339 Å². The van der Waals surface area contributed by atoms with Crippen LogP contribution in [0.2, 0.25) is 5.02 Å². The van der Waals surface area contributed by atoms with Gasteiger partial charge in [-0.2, -0.15) is 0 Å². The Morgan fingerprint density at radius 2 is 1.84 bits per heavy atom. The van der Waals surface area contributed by atoms with Gasteiger partial charge < -0.3 is 51.7 Å². The van der Waals surface area contributed by atoms with Gasteiger partial charge in [0, 0.05) is 30.5 Å². The van der Waals surface area contributed by atoms with Crippen LogP contribution in [-0.4, -0.2) is 147 Å². The molecule has 55 heavy (non-hydrogen) atoms. The van der Waals surface area contributed by atoms with Crippen molar-refractivity contribution < 1.29 is 64.0 Å². The number of nitrogens with one attached hydrogen (secondary N) is 3. The molecule has 4 heterocycles. The van der Waals surface area contributed by atoms with Crippen LogP contribution in [0.3, 0.4) is 0 Å². The number of nitrogens with zero attached hydrogens (tertiary/aromatic N) is 6. The van der Waals surface area contributed by atoms with E-state index in [0.717, 1.165) is 38.3 Å². The number of thiazole rings is 1. The lowest BCUT2D eigenvalue weighted by Gasteiger charge is -2.41. The number of aliphatic carboxylic acids is 2. The number of fused-ring (bicyclic) bond motifs is 1. The third kappa shape index (κ3) is 7.65. The van der Waals surface area contributed by atoms with Crippen molar-refractivity contribution >= 4 is 92.9 Å². The van der Waals surface area contributed by atoms with Gasteiger partial charge in [-0.1, -0.05) is 33.7 Å². The third-order valence-corrected chi connectivity index (χ3v) is 11.1. The molecular formula is C29H31ClN10O13S2. The van der Waals surface area contributed by atoms with Crippen molar-refractivity contribution in [2.75, 3.05) is 31.9 Å². The first kappa shape index (κ1) is 40.1. The first-order chi connectivity index (χ1) is 25.8. The van der Waals surface area contributed by atoms with Crippen LogP contribution in [0.15, 0.2) is 27.8 Å². The first-order valence-corrected chi connectivity index (χ1v) is 17.8. The molecule has 0 aliphatic carbocycles. The summed E-state index contributed by atoms with van der Waals surface area (Å²) < 4.78 is 0. The number of anilines is 1. The Hall–Kier alpha value is -6.08. The van der Waals surface area contributed by atoms with Crippen LogP contribution in [-0.2, 0) is 33.6 Å². The highest BCUT2D eigenvalue weighted by molar-refractivity contribution is 8.02. The molecule has 3 atom stereocenters. The molecule has 0 saturated carbocycles. The van der Waals surface area contributed by atoms with Crippen molar-refractivity contribution in [2.24, 2.45) is 10.3 Å². The number of phenolic OH excluding ortho intramolecular Hbond substituents is 2. The Morgan fingerprint density at radius 3 is 2.45 bits per heavy atom.